The van der Waals surface area contributed by atoms with Crippen LogP contribution in [-0.2, 0) is 6.42 Å². The molecule has 1 aromatic rings. The number of phenolic OH excluding ortho intramolecular Hbond substituents is 1. The van der Waals surface area contributed by atoms with Crippen molar-refractivity contribution in [2.75, 3.05) is 13.7 Å². The monoisotopic (exact) mass is 305 g/mol. The lowest BCUT2D eigenvalue weighted by molar-refractivity contribution is 0.294. The van der Waals surface area contributed by atoms with E-state index in [4.69, 9.17) is 14.7 Å². The molecule has 0 aromatic heterocycles. The van der Waals surface area contributed by atoms with Crippen molar-refractivity contribution >= 4 is 0 Å². The summed E-state index contributed by atoms with van der Waals surface area (Å²) in [4.78, 5) is 0. The predicted octanol–water partition coefficient (Wildman–Crippen LogP) is 4.45. The minimum atomic E-state index is -0.238. The molecule has 0 amide bonds. The van der Waals surface area contributed by atoms with Crippen LogP contribution in [0.15, 0.2) is 12.1 Å². The van der Waals surface area contributed by atoms with Gasteiger partial charge in [-0.3, -0.25) is 0 Å². The minimum absolute atomic E-state index is 0.102. The summed E-state index contributed by atoms with van der Waals surface area (Å²) in [5.74, 6) is 1.30. The molecule has 0 saturated carbocycles. The molecule has 0 heterocycles. The fraction of sp³-hybridized carbons (Fsp3) is 0.611. The van der Waals surface area contributed by atoms with E-state index in [0.29, 0.717) is 12.4 Å². The van der Waals surface area contributed by atoms with Crippen molar-refractivity contribution in [2.24, 2.45) is 5.41 Å². The van der Waals surface area contributed by atoms with Gasteiger partial charge in [-0.2, -0.15) is 5.26 Å². The van der Waals surface area contributed by atoms with Gasteiger partial charge < -0.3 is 14.6 Å². The Kier molecular flexibility index (Phi) is 7.04. The zero-order valence-electron chi connectivity index (χ0n) is 14.1. The van der Waals surface area contributed by atoms with Crippen LogP contribution in [0.2, 0.25) is 0 Å². The van der Waals surface area contributed by atoms with Crippen molar-refractivity contribution < 1.29 is 14.6 Å². The van der Waals surface area contributed by atoms with Gasteiger partial charge >= 0.3 is 0 Å². The van der Waals surface area contributed by atoms with Gasteiger partial charge in [0, 0.05) is 6.07 Å². The average Bonchev–Trinajstić information content (AvgIpc) is 2.50. The smallest absolute Gasteiger partial charge is 0.161 e. The zero-order valence-corrected chi connectivity index (χ0v) is 14.1. The third-order valence-corrected chi connectivity index (χ3v) is 3.75. The summed E-state index contributed by atoms with van der Waals surface area (Å²) >= 11 is 0. The van der Waals surface area contributed by atoms with Gasteiger partial charge in [0.1, 0.15) is 5.75 Å². The number of methoxy groups -OCH3 is 1. The van der Waals surface area contributed by atoms with E-state index >= 15 is 0 Å². The summed E-state index contributed by atoms with van der Waals surface area (Å²) < 4.78 is 10.9. The molecule has 0 unspecified atom stereocenters. The third-order valence-electron chi connectivity index (χ3n) is 3.75. The van der Waals surface area contributed by atoms with Gasteiger partial charge in [0.2, 0.25) is 0 Å². The van der Waals surface area contributed by atoms with Gasteiger partial charge in [0.05, 0.1) is 25.2 Å². The van der Waals surface area contributed by atoms with Gasteiger partial charge in [-0.15, -0.1) is 0 Å². The summed E-state index contributed by atoms with van der Waals surface area (Å²) in [7, 11) is 1.54. The number of aromatic hydroxyl groups is 1. The molecule has 0 saturated heterocycles. The molecule has 1 rings (SSSR count). The number of nitrogens with zero attached hydrogens (tertiary/aromatic N) is 1. The van der Waals surface area contributed by atoms with E-state index in [1.165, 1.54) is 7.11 Å². The van der Waals surface area contributed by atoms with Crippen LogP contribution in [0.25, 0.3) is 0 Å². The van der Waals surface area contributed by atoms with Crippen LogP contribution in [-0.4, -0.2) is 18.8 Å². The van der Waals surface area contributed by atoms with Crippen LogP contribution in [0.1, 0.15) is 52.0 Å². The van der Waals surface area contributed by atoms with E-state index in [2.05, 4.69) is 6.07 Å². The fourth-order valence-electron chi connectivity index (χ4n) is 2.25. The Bertz CT molecular complexity index is 518. The zero-order chi connectivity index (χ0) is 16.6. The van der Waals surface area contributed by atoms with E-state index in [9.17, 15) is 5.11 Å². The van der Waals surface area contributed by atoms with Crippen molar-refractivity contribution in [3.8, 4) is 23.3 Å². The first kappa shape index (κ1) is 18.2. The van der Waals surface area contributed by atoms with E-state index in [1.54, 1.807) is 6.07 Å². The number of hydrogen-bond donors (Lipinski definition) is 1. The Hall–Kier alpha value is -1.89. The van der Waals surface area contributed by atoms with Crippen LogP contribution >= 0.6 is 0 Å². The van der Waals surface area contributed by atoms with Crippen LogP contribution < -0.4 is 9.47 Å². The van der Waals surface area contributed by atoms with Gasteiger partial charge in [-0.25, -0.2) is 0 Å². The number of benzene rings is 1. The van der Waals surface area contributed by atoms with Gasteiger partial charge in [-0.05, 0) is 44.7 Å². The lowest BCUT2D eigenvalue weighted by Gasteiger charge is -2.15. The molecule has 22 heavy (non-hydrogen) atoms. The minimum Gasteiger partial charge on any atom is -0.504 e. The third kappa shape index (κ3) is 5.48. The summed E-state index contributed by atoms with van der Waals surface area (Å²) in [5, 5.41) is 18.8. The SMILES string of the molecule is CCc1cc(OC)c(O)cc1OCCCCCC(C)(C)C#N. The van der Waals surface area contributed by atoms with E-state index in [1.807, 2.05) is 26.8 Å². The Morgan fingerprint density at radius 1 is 1.18 bits per heavy atom. The first-order chi connectivity index (χ1) is 10.4. The van der Waals surface area contributed by atoms with Crippen molar-refractivity contribution in [1.29, 1.82) is 5.26 Å². The molecule has 0 fully saturated rings. The van der Waals surface area contributed by atoms with Crippen LogP contribution in [0.5, 0.6) is 17.2 Å². The predicted molar refractivity (Wildman–Crippen MR) is 87.4 cm³/mol. The van der Waals surface area contributed by atoms with E-state index < -0.39 is 0 Å². The molecule has 4 heteroatoms. The van der Waals surface area contributed by atoms with Crippen LogP contribution in [0.4, 0.5) is 0 Å². The number of unbranched alkanes of at least 4 members (excludes halogenated alkanes) is 2. The summed E-state index contributed by atoms with van der Waals surface area (Å²) in [6.07, 6.45) is 4.74. The summed E-state index contributed by atoms with van der Waals surface area (Å²) in [5.41, 5.74) is 0.790. The lowest BCUT2D eigenvalue weighted by atomic mass is 9.89. The molecular formula is C18H27NO3. The van der Waals surface area contributed by atoms with Crippen molar-refractivity contribution in [1.82, 2.24) is 0 Å². The highest BCUT2D eigenvalue weighted by Gasteiger charge is 2.15. The first-order valence-electron chi connectivity index (χ1n) is 7.87. The van der Waals surface area contributed by atoms with Gasteiger partial charge in [-0.1, -0.05) is 19.8 Å². The molecule has 0 bridgehead atoms. The Morgan fingerprint density at radius 3 is 2.50 bits per heavy atom. The summed E-state index contributed by atoms with van der Waals surface area (Å²) in [6.45, 7) is 6.60. The summed E-state index contributed by atoms with van der Waals surface area (Å²) in [6, 6.07) is 5.76. The largest absolute Gasteiger partial charge is 0.504 e. The number of aryl methyl sites for hydroxylation is 1. The number of hydrogen-bond acceptors (Lipinski definition) is 4. The lowest BCUT2D eigenvalue weighted by Crippen LogP contribution is -2.07. The molecule has 0 radical (unpaired) electrons. The molecule has 0 aliphatic carbocycles. The van der Waals surface area contributed by atoms with Crippen molar-refractivity contribution in [2.45, 2.75) is 52.9 Å². The molecule has 1 aromatic carbocycles. The highest BCUT2D eigenvalue weighted by Crippen LogP contribution is 2.34. The molecule has 0 aliphatic rings. The molecule has 0 spiro atoms. The first-order valence-corrected chi connectivity index (χ1v) is 7.87. The van der Waals surface area contributed by atoms with Crippen molar-refractivity contribution in [3.63, 3.8) is 0 Å². The number of ether oxygens (including phenoxy) is 2. The van der Waals surface area contributed by atoms with Crippen molar-refractivity contribution in [3.05, 3.63) is 17.7 Å². The van der Waals surface area contributed by atoms with E-state index in [0.717, 1.165) is 43.4 Å². The molecular weight excluding hydrogens is 278 g/mol. The Labute approximate surface area is 133 Å². The molecule has 0 atom stereocenters. The second-order valence-electron chi connectivity index (χ2n) is 6.14. The molecule has 122 valence electrons. The Balaban J connectivity index is 2.42. The highest BCUT2D eigenvalue weighted by molar-refractivity contribution is 5.49. The normalized spacial score (nSPS) is 11.0. The number of rotatable bonds is 9. The van der Waals surface area contributed by atoms with Gasteiger partial charge in [0.15, 0.2) is 11.5 Å². The number of nitriles is 1. The molecule has 0 aliphatic heterocycles. The standard InChI is InChI=1S/C18H27NO3/c1-5-14-11-17(21-4)15(20)12-16(14)22-10-8-6-7-9-18(2,3)13-19/h11-12,20H,5-10H2,1-4H3. The average molecular weight is 305 g/mol. The second kappa shape index (κ2) is 8.53. The van der Waals surface area contributed by atoms with Crippen LogP contribution in [0, 0.1) is 16.7 Å². The highest BCUT2D eigenvalue weighted by atomic mass is 16.5. The Morgan fingerprint density at radius 2 is 1.91 bits per heavy atom. The fourth-order valence-corrected chi connectivity index (χ4v) is 2.25. The molecule has 1 N–H and O–H groups in total. The topological polar surface area (TPSA) is 62.5 Å². The van der Waals surface area contributed by atoms with Crippen LogP contribution in [0.3, 0.4) is 0 Å². The number of phenols is 1. The van der Waals surface area contributed by atoms with E-state index in [-0.39, 0.29) is 11.2 Å². The molecule has 4 nitrogen and oxygen atoms in total. The second-order valence-corrected chi connectivity index (χ2v) is 6.14. The quantitative estimate of drug-likeness (QED) is 0.684. The maximum Gasteiger partial charge on any atom is 0.161 e. The maximum absolute atomic E-state index is 9.83. The van der Waals surface area contributed by atoms with Gasteiger partial charge in [0.25, 0.3) is 0 Å². The maximum atomic E-state index is 9.83.